The highest BCUT2D eigenvalue weighted by molar-refractivity contribution is 7.17. The van der Waals surface area contributed by atoms with Crippen LogP contribution in [0.3, 0.4) is 0 Å². The van der Waals surface area contributed by atoms with E-state index in [0.29, 0.717) is 27.0 Å². The molecule has 0 aliphatic carbocycles. The van der Waals surface area contributed by atoms with Gasteiger partial charge in [0.1, 0.15) is 4.88 Å². The third-order valence-electron chi connectivity index (χ3n) is 3.54. The third-order valence-corrected chi connectivity index (χ3v) is 4.61. The standard InChI is InChI=1S/C19H17N3O2S/c1-12-7-6-8-14(11-12)17(23)22-19-20-13(2)16(25-19)18(24)21-15-9-4-3-5-10-15/h3-11H,1-2H3,(H,21,24)(H,20,22,23). The van der Waals surface area contributed by atoms with Crippen molar-refractivity contribution in [3.8, 4) is 0 Å². The van der Waals surface area contributed by atoms with Crippen LogP contribution < -0.4 is 10.6 Å². The Labute approximate surface area is 149 Å². The van der Waals surface area contributed by atoms with E-state index < -0.39 is 0 Å². The van der Waals surface area contributed by atoms with Gasteiger partial charge in [0.05, 0.1) is 5.69 Å². The van der Waals surface area contributed by atoms with E-state index in [4.69, 9.17) is 0 Å². The number of para-hydroxylation sites is 1. The maximum Gasteiger partial charge on any atom is 0.267 e. The Morgan fingerprint density at radius 3 is 2.40 bits per heavy atom. The Bertz CT molecular complexity index is 919. The molecule has 0 unspecified atom stereocenters. The summed E-state index contributed by atoms with van der Waals surface area (Å²) in [6.45, 7) is 3.68. The highest BCUT2D eigenvalue weighted by Gasteiger charge is 2.17. The summed E-state index contributed by atoms with van der Waals surface area (Å²) in [5.74, 6) is -0.482. The number of anilines is 2. The van der Waals surface area contributed by atoms with E-state index in [1.54, 1.807) is 19.1 Å². The van der Waals surface area contributed by atoms with Crippen LogP contribution in [0.5, 0.6) is 0 Å². The summed E-state index contributed by atoms with van der Waals surface area (Å²) < 4.78 is 0. The monoisotopic (exact) mass is 351 g/mol. The lowest BCUT2D eigenvalue weighted by Crippen LogP contribution is -2.11. The molecule has 0 bridgehead atoms. The smallest absolute Gasteiger partial charge is 0.267 e. The average Bonchev–Trinajstić information content (AvgIpc) is 2.96. The minimum atomic E-state index is -0.243. The van der Waals surface area contributed by atoms with Gasteiger partial charge < -0.3 is 5.32 Å². The first-order chi connectivity index (χ1) is 12.0. The SMILES string of the molecule is Cc1cccc(C(=O)Nc2nc(C)c(C(=O)Nc3ccccc3)s2)c1. The summed E-state index contributed by atoms with van der Waals surface area (Å²) in [6, 6.07) is 16.5. The van der Waals surface area contributed by atoms with Crippen LogP contribution in [0.25, 0.3) is 0 Å². The number of benzene rings is 2. The molecule has 0 spiro atoms. The Kier molecular flexibility index (Phi) is 4.90. The molecule has 6 heteroatoms. The molecular weight excluding hydrogens is 334 g/mol. The number of thiazole rings is 1. The van der Waals surface area contributed by atoms with Gasteiger partial charge in [-0.3, -0.25) is 14.9 Å². The van der Waals surface area contributed by atoms with Crippen LogP contribution in [0, 0.1) is 13.8 Å². The zero-order valence-electron chi connectivity index (χ0n) is 13.9. The Balaban J connectivity index is 1.74. The van der Waals surface area contributed by atoms with Crippen LogP contribution in [-0.4, -0.2) is 16.8 Å². The second kappa shape index (κ2) is 7.27. The van der Waals surface area contributed by atoms with Gasteiger partial charge in [-0.1, -0.05) is 47.2 Å². The van der Waals surface area contributed by atoms with Crippen LogP contribution >= 0.6 is 11.3 Å². The Morgan fingerprint density at radius 2 is 1.68 bits per heavy atom. The number of nitrogens with one attached hydrogen (secondary N) is 2. The molecule has 0 radical (unpaired) electrons. The second-order valence-electron chi connectivity index (χ2n) is 5.58. The van der Waals surface area contributed by atoms with Crippen molar-refractivity contribution in [2.45, 2.75) is 13.8 Å². The first-order valence-corrected chi connectivity index (χ1v) is 8.56. The van der Waals surface area contributed by atoms with Crippen molar-refractivity contribution in [3.05, 3.63) is 76.3 Å². The van der Waals surface area contributed by atoms with Crippen LogP contribution in [0.4, 0.5) is 10.8 Å². The maximum atomic E-state index is 12.4. The van der Waals surface area contributed by atoms with E-state index in [2.05, 4.69) is 15.6 Å². The number of nitrogens with zero attached hydrogens (tertiary/aromatic N) is 1. The molecule has 0 atom stereocenters. The number of hydrogen-bond donors (Lipinski definition) is 2. The van der Waals surface area contributed by atoms with E-state index in [9.17, 15) is 9.59 Å². The van der Waals surface area contributed by atoms with Crippen molar-refractivity contribution in [3.63, 3.8) is 0 Å². The van der Waals surface area contributed by atoms with Crippen molar-refractivity contribution < 1.29 is 9.59 Å². The molecule has 25 heavy (non-hydrogen) atoms. The van der Waals surface area contributed by atoms with E-state index >= 15 is 0 Å². The normalized spacial score (nSPS) is 10.3. The summed E-state index contributed by atoms with van der Waals surface area (Å²) in [7, 11) is 0. The summed E-state index contributed by atoms with van der Waals surface area (Å²) in [5.41, 5.74) is 2.86. The molecule has 2 N–H and O–H groups in total. The Morgan fingerprint density at radius 1 is 0.920 bits per heavy atom. The molecule has 3 aromatic rings. The van der Waals surface area contributed by atoms with Crippen LogP contribution in [0.15, 0.2) is 54.6 Å². The maximum absolute atomic E-state index is 12.4. The molecule has 2 aromatic carbocycles. The quantitative estimate of drug-likeness (QED) is 0.737. The summed E-state index contributed by atoms with van der Waals surface area (Å²) >= 11 is 1.16. The molecule has 3 rings (SSSR count). The highest BCUT2D eigenvalue weighted by atomic mass is 32.1. The van der Waals surface area contributed by atoms with E-state index in [1.165, 1.54) is 0 Å². The Hall–Kier alpha value is -2.99. The van der Waals surface area contributed by atoms with Gasteiger partial charge in [-0.05, 0) is 38.1 Å². The van der Waals surface area contributed by atoms with Crippen LogP contribution in [0.2, 0.25) is 0 Å². The van der Waals surface area contributed by atoms with Gasteiger partial charge in [-0.2, -0.15) is 0 Å². The lowest BCUT2D eigenvalue weighted by atomic mass is 10.1. The largest absolute Gasteiger partial charge is 0.321 e. The number of rotatable bonds is 4. The number of carbonyl (C=O) groups excluding carboxylic acids is 2. The van der Waals surface area contributed by atoms with Crippen LogP contribution in [0.1, 0.15) is 31.3 Å². The minimum absolute atomic E-state index is 0.239. The molecule has 0 aliphatic heterocycles. The number of amides is 2. The van der Waals surface area contributed by atoms with Crippen molar-refractivity contribution in [2.24, 2.45) is 0 Å². The third kappa shape index (κ3) is 4.10. The number of hydrogen-bond acceptors (Lipinski definition) is 4. The van der Waals surface area contributed by atoms with Gasteiger partial charge in [0.2, 0.25) is 0 Å². The fourth-order valence-electron chi connectivity index (χ4n) is 2.33. The molecule has 1 aromatic heterocycles. The molecule has 0 saturated carbocycles. The van der Waals surface area contributed by atoms with Gasteiger partial charge in [-0.25, -0.2) is 4.98 Å². The zero-order chi connectivity index (χ0) is 17.8. The van der Waals surface area contributed by atoms with E-state index in [0.717, 1.165) is 16.9 Å². The fraction of sp³-hybridized carbons (Fsp3) is 0.105. The number of aromatic nitrogens is 1. The molecule has 0 fully saturated rings. The summed E-state index contributed by atoms with van der Waals surface area (Å²) in [5, 5.41) is 5.98. The first kappa shape index (κ1) is 16.9. The number of aryl methyl sites for hydroxylation is 2. The second-order valence-corrected chi connectivity index (χ2v) is 6.58. The molecular formula is C19H17N3O2S. The lowest BCUT2D eigenvalue weighted by Gasteiger charge is -2.03. The van der Waals surface area contributed by atoms with Crippen molar-refractivity contribution >= 4 is 34.0 Å². The lowest BCUT2D eigenvalue weighted by molar-refractivity contribution is 0.102. The molecule has 1 heterocycles. The van der Waals surface area contributed by atoms with Gasteiger partial charge in [-0.15, -0.1) is 0 Å². The molecule has 2 amide bonds. The highest BCUT2D eigenvalue weighted by Crippen LogP contribution is 2.24. The van der Waals surface area contributed by atoms with Gasteiger partial charge >= 0.3 is 0 Å². The molecule has 0 aliphatic rings. The first-order valence-electron chi connectivity index (χ1n) is 7.75. The van der Waals surface area contributed by atoms with Gasteiger partial charge in [0, 0.05) is 11.3 Å². The topological polar surface area (TPSA) is 71.1 Å². The minimum Gasteiger partial charge on any atom is -0.321 e. The molecule has 0 saturated heterocycles. The van der Waals surface area contributed by atoms with E-state index in [1.807, 2.05) is 49.4 Å². The van der Waals surface area contributed by atoms with Crippen molar-refractivity contribution in [2.75, 3.05) is 10.6 Å². The van der Waals surface area contributed by atoms with Gasteiger partial charge in [0.15, 0.2) is 5.13 Å². The zero-order valence-corrected chi connectivity index (χ0v) is 14.7. The molecule has 126 valence electrons. The predicted molar refractivity (Wildman–Crippen MR) is 100 cm³/mol. The van der Waals surface area contributed by atoms with Gasteiger partial charge in [0.25, 0.3) is 11.8 Å². The molecule has 5 nitrogen and oxygen atoms in total. The summed E-state index contributed by atoms with van der Waals surface area (Å²) in [4.78, 5) is 29.5. The summed E-state index contributed by atoms with van der Waals surface area (Å²) in [6.07, 6.45) is 0. The van der Waals surface area contributed by atoms with Crippen LogP contribution in [-0.2, 0) is 0 Å². The predicted octanol–water partition coefficient (Wildman–Crippen LogP) is 4.26. The fourth-order valence-corrected chi connectivity index (χ4v) is 3.18. The van der Waals surface area contributed by atoms with E-state index in [-0.39, 0.29) is 11.8 Å². The number of carbonyl (C=O) groups is 2. The average molecular weight is 351 g/mol. The van der Waals surface area contributed by atoms with Crippen molar-refractivity contribution in [1.82, 2.24) is 4.98 Å². The van der Waals surface area contributed by atoms with Crippen molar-refractivity contribution in [1.29, 1.82) is 0 Å².